The molecule has 4 rings (SSSR count). The third kappa shape index (κ3) is 7.35. The Morgan fingerprint density at radius 2 is 1.35 bits per heavy atom. The van der Waals surface area contributed by atoms with Crippen molar-refractivity contribution >= 4 is 17.8 Å². The van der Waals surface area contributed by atoms with E-state index in [2.05, 4.69) is 10.3 Å². The minimum Gasteiger partial charge on any atom is -0.484 e. The van der Waals surface area contributed by atoms with E-state index in [-0.39, 0.29) is 12.5 Å². The van der Waals surface area contributed by atoms with Crippen molar-refractivity contribution in [1.82, 2.24) is 5.32 Å². The average Bonchev–Trinajstić information content (AvgIpc) is 2.89. The average molecular weight is 451 g/mol. The topological polar surface area (TPSA) is 59.9 Å². The van der Waals surface area contributed by atoms with E-state index in [1.54, 1.807) is 6.21 Å². The zero-order valence-electron chi connectivity index (χ0n) is 18.8. The van der Waals surface area contributed by atoms with Crippen LogP contribution in [0.5, 0.6) is 17.2 Å². The van der Waals surface area contributed by atoms with Crippen molar-refractivity contribution in [2.24, 2.45) is 4.99 Å². The second kappa shape index (κ2) is 12.0. The molecule has 5 nitrogen and oxygen atoms in total. The van der Waals surface area contributed by atoms with Gasteiger partial charge in [0.05, 0.1) is 5.69 Å². The highest BCUT2D eigenvalue weighted by Gasteiger charge is 2.03. The van der Waals surface area contributed by atoms with Crippen LogP contribution in [-0.4, -0.2) is 25.3 Å². The van der Waals surface area contributed by atoms with Crippen LogP contribution in [0.3, 0.4) is 0 Å². The molecule has 0 heterocycles. The predicted molar refractivity (Wildman–Crippen MR) is 135 cm³/mol. The van der Waals surface area contributed by atoms with Crippen LogP contribution in [0.25, 0.3) is 0 Å². The third-order valence-electron chi connectivity index (χ3n) is 5.01. The van der Waals surface area contributed by atoms with E-state index in [0.717, 1.165) is 29.2 Å². The molecule has 34 heavy (non-hydrogen) atoms. The maximum Gasteiger partial charge on any atom is 0.257 e. The molecule has 0 aliphatic heterocycles. The van der Waals surface area contributed by atoms with Crippen molar-refractivity contribution in [2.75, 3.05) is 13.2 Å². The number of rotatable bonds is 10. The van der Waals surface area contributed by atoms with E-state index in [9.17, 15) is 4.79 Å². The highest BCUT2D eigenvalue weighted by molar-refractivity contribution is 5.82. The fourth-order valence-electron chi connectivity index (χ4n) is 3.21. The van der Waals surface area contributed by atoms with Crippen LogP contribution in [0.2, 0.25) is 0 Å². The van der Waals surface area contributed by atoms with Crippen molar-refractivity contribution in [1.29, 1.82) is 0 Å². The van der Waals surface area contributed by atoms with E-state index in [0.29, 0.717) is 12.3 Å². The van der Waals surface area contributed by atoms with Crippen LogP contribution in [0.1, 0.15) is 11.1 Å². The van der Waals surface area contributed by atoms with Gasteiger partial charge >= 0.3 is 0 Å². The van der Waals surface area contributed by atoms with E-state index in [1.165, 1.54) is 5.56 Å². The summed E-state index contributed by atoms with van der Waals surface area (Å²) in [6.45, 7) is 0.570. The van der Waals surface area contributed by atoms with Crippen LogP contribution < -0.4 is 14.8 Å². The Kier molecular flexibility index (Phi) is 8.06. The van der Waals surface area contributed by atoms with E-state index >= 15 is 0 Å². The van der Waals surface area contributed by atoms with Gasteiger partial charge in [0, 0.05) is 12.8 Å². The molecule has 0 bridgehead atoms. The molecule has 0 aromatic heterocycles. The quantitative estimate of drug-likeness (QED) is 0.303. The lowest BCUT2D eigenvalue weighted by Crippen LogP contribution is -2.30. The Bertz CT molecular complexity index is 1190. The number of carbonyl (C=O) groups is 1. The van der Waals surface area contributed by atoms with Gasteiger partial charge < -0.3 is 14.8 Å². The van der Waals surface area contributed by atoms with E-state index < -0.39 is 0 Å². The molecular weight excluding hydrogens is 424 g/mol. The standard InChI is InChI=1S/C29H26N2O3/c32-29(30-20-19-23-7-3-1-4-8-23)22-33-26-15-11-24(12-16-26)21-31-25-13-17-28(18-14-25)34-27-9-5-2-6-10-27/h1-18,21H,19-20,22H2,(H,30,32). The van der Waals surface area contributed by atoms with Crippen molar-refractivity contribution in [3.05, 3.63) is 120 Å². The molecule has 0 radical (unpaired) electrons. The predicted octanol–water partition coefficient (Wildman–Crippen LogP) is 5.97. The van der Waals surface area contributed by atoms with Crippen LogP contribution in [0, 0.1) is 0 Å². The Labute approximate surface area is 199 Å². The molecule has 0 fully saturated rings. The van der Waals surface area contributed by atoms with Gasteiger partial charge in [0.2, 0.25) is 0 Å². The molecule has 4 aromatic rings. The molecular formula is C29H26N2O3. The van der Waals surface area contributed by atoms with Crippen molar-refractivity contribution in [3.8, 4) is 17.2 Å². The third-order valence-corrected chi connectivity index (χ3v) is 5.01. The lowest BCUT2D eigenvalue weighted by molar-refractivity contribution is -0.123. The number of carbonyl (C=O) groups excluding carboxylic acids is 1. The first kappa shape index (κ1) is 22.8. The summed E-state index contributed by atoms with van der Waals surface area (Å²) in [6.07, 6.45) is 2.58. The minimum absolute atomic E-state index is 0.0143. The van der Waals surface area contributed by atoms with Crippen LogP contribution in [0.4, 0.5) is 5.69 Å². The summed E-state index contributed by atoms with van der Waals surface area (Å²) in [6, 6.07) is 34.8. The number of hydrogen-bond donors (Lipinski definition) is 1. The Morgan fingerprint density at radius 3 is 2.06 bits per heavy atom. The number of nitrogens with zero attached hydrogens (tertiary/aromatic N) is 1. The summed E-state index contributed by atoms with van der Waals surface area (Å²) in [4.78, 5) is 16.5. The van der Waals surface area contributed by atoms with Gasteiger partial charge in [0.25, 0.3) is 5.91 Å². The van der Waals surface area contributed by atoms with Crippen LogP contribution in [0.15, 0.2) is 114 Å². The molecule has 0 atom stereocenters. The van der Waals surface area contributed by atoms with Gasteiger partial charge in [0.15, 0.2) is 6.61 Å². The lowest BCUT2D eigenvalue weighted by atomic mass is 10.1. The first-order valence-corrected chi connectivity index (χ1v) is 11.2. The molecule has 0 spiro atoms. The molecule has 0 aliphatic carbocycles. The molecule has 0 saturated carbocycles. The monoisotopic (exact) mass is 450 g/mol. The van der Waals surface area contributed by atoms with Crippen LogP contribution in [-0.2, 0) is 11.2 Å². The summed E-state index contributed by atoms with van der Waals surface area (Å²) < 4.78 is 11.4. The molecule has 1 N–H and O–H groups in total. The maximum absolute atomic E-state index is 12.0. The number of ether oxygens (including phenoxy) is 2. The Morgan fingerprint density at radius 1 is 0.735 bits per heavy atom. The second-order valence-corrected chi connectivity index (χ2v) is 7.61. The van der Waals surface area contributed by atoms with Crippen molar-refractivity contribution < 1.29 is 14.3 Å². The fraction of sp³-hybridized carbons (Fsp3) is 0.103. The van der Waals surface area contributed by atoms with Gasteiger partial charge in [-0.2, -0.15) is 0 Å². The summed E-state index contributed by atoms with van der Waals surface area (Å²) in [5, 5.41) is 2.87. The molecule has 0 saturated heterocycles. The Balaban J connectivity index is 1.20. The molecule has 4 aromatic carbocycles. The van der Waals surface area contributed by atoms with Crippen LogP contribution >= 0.6 is 0 Å². The normalized spacial score (nSPS) is 10.7. The van der Waals surface area contributed by atoms with E-state index in [4.69, 9.17) is 9.47 Å². The highest BCUT2D eigenvalue weighted by Crippen LogP contribution is 2.23. The Hall–Kier alpha value is -4.38. The summed E-state index contributed by atoms with van der Waals surface area (Å²) in [5.74, 6) is 2.06. The number of aliphatic imine (C=N–C) groups is 1. The van der Waals surface area contributed by atoms with Gasteiger partial charge in [0.1, 0.15) is 17.2 Å². The zero-order chi connectivity index (χ0) is 23.4. The molecule has 1 amide bonds. The summed E-state index contributed by atoms with van der Waals surface area (Å²) >= 11 is 0. The van der Waals surface area contributed by atoms with Gasteiger partial charge in [-0.3, -0.25) is 9.79 Å². The van der Waals surface area contributed by atoms with Crippen molar-refractivity contribution in [3.63, 3.8) is 0 Å². The second-order valence-electron chi connectivity index (χ2n) is 7.61. The number of nitrogens with one attached hydrogen (secondary N) is 1. The first-order chi connectivity index (χ1) is 16.7. The van der Waals surface area contributed by atoms with Crippen molar-refractivity contribution in [2.45, 2.75) is 6.42 Å². The fourth-order valence-corrected chi connectivity index (χ4v) is 3.21. The van der Waals surface area contributed by atoms with Gasteiger partial charge in [-0.15, -0.1) is 0 Å². The summed E-state index contributed by atoms with van der Waals surface area (Å²) in [7, 11) is 0. The smallest absolute Gasteiger partial charge is 0.257 e. The number of amides is 1. The zero-order valence-corrected chi connectivity index (χ0v) is 18.8. The summed E-state index contributed by atoms with van der Waals surface area (Å²) in [5.41, 5.74) is 2.95. The SMILES string of the molecule is O=C(COc1ccc(C=Nc2ccc(Oc3ccccc3)cc2)cc1)NCCc1ccccc1. The highest BCUT2D eigenvalue weighted by atomic mass is 16.5. The number of benzene rings is 4. The molecule has 0 aliphatic rings. The number of para-hydroxylation sites is 1. The largest absolute Gasteiger partial charge is 0.484 e. The maximum atomic E-state index is 12.0. The number of hydrogen-bond acceptors (Lipinski definition) is 4. The minimum atomic E-state index is -0.138. The molecule has 5 heteroatoms. The van der Waals surface area contributed by atoms with Gasteiger partial charge in [-0.1, -0.05) is 48.5 Å². The lowest BCUT2D eigenvalue weighted by Gasteiger charge is -2.08. The van der Waals surface area contributed by atoms with E-state index in [1.807, 2.05) is 109 Å². The first-order valence-electron chi connectivity index (χ1n) is 11.2. The molecule has 170 valence electrons. The van der Waals surface area contributed by atoms with Gasteiger partial charge in [-0.05, 0) is 78.2 Å². The molecule has 0 unspecified atom stereocenters. The van der Waals surface area contributed by atoms with Gasteiger partial charge in [-0.25, -0.2) is 0 Å².